The molecule has 0 unspecified atom stereocenters. The van der Waals surface area contributed by atoms with E-state index in [4.69, 9.17) is 14.2 Å². The summed E-state index contributed by atoms with van der Waals surface area (Å²) < 4.78 is 17.2. The normalized spacial score (nSPS) is 13.2. The van der Waals surface area contributed by atoms with Crippen LogP contribution in [0.15, 0.2) is 16.6 Å². The Kier molecular flexibility index (Phi) is 6.13. The van der Waals surface area contributed by atoms with Gasteiger partial charge in [-0.15, -0.1) is 0 Å². The lowest BCUT2D eigenvalue weighted by atomic mass is 10.2. The van der Waals surface area contributed by atoms with Crippen LogP contribution in [0, 0.1) is 0 Å². The summed E-state index contributed by atoms with van der Waals surface area (Å²) in [6, 6.07) is 4.10. The van der Waals surface area contributed by atoms with E-state index in [1.165, 1.54) is 5.56 Å². The predicted octanol–water partition coefficient (Wildman–Crippen LogP) is 3.47. The van der Waals surface area contributed by atoms with Crippen LogP contribution in [0.3, 0.4) is 0 Å². The zero-order valence-corrected chi connectivity index (χ0v) is 13.7. The van der Waals surface area contributed by atoms with Crippen LogP contribution in [0.1, 0.15) is 32.3 Å². The van der Waals surface area contributed by atoms with Gasteiger partial charge in [-0.3, -0.25) is 0 Å². The van der Waals surface area contributed by atoms with E-state index < -0.39 is 0 Å². The predicted molar refractivity (Wildman–Crippen MR) is 82.3 cm³/mol. The molecule has 1 aliphatic rings. The lowest BCUT2D eigenvalue weighted by Crippen LogP contribution is -2.15. The number of hydrogen-bond donors (Lipinski definition) is 1. The van der Waals surface area contributed by atoms with Gasteiger partial charge in [0.1, 0.15) is 0 Å². The second-order valence-corrected chi connectivity index (χ2v) is 5.97. The monoisotopic (exact) mass is 343 g/mol. The van der Waals surface area contributed by atoms with Crippen molar-refractivity contribution in [2.75, 3.05) is 19.9 Å². The molecule has 1 aromatic rings. The number of fused-ring (bicyclic) bond motifs is 1. The number of halogens is 1. The largest absolute Gasteiger partial charge is 0.454 e. The fourth-order valence-corrected chi connectivity index (χ4v) is 2.63. The Morgan fingerprint density at radius 2 is 2.15 bits per heavy atom. The van der Waals surface area contributed by atoms with E-state index in [1.54, 1.807) is 0 Å². The molecule has 0 spiro atoms. The first-order valence-electron chi connectivity index (χ1n) is 7.07. The van der Waals surface area contributed by atoms with Gasteiger partial charge in [-0.1, -0.05) is 0 Å². The second-order valence-electron chi connectivity index (χ2n) is 5.11. The van der Waals surface area contributed by atoms with E-state index in [1.807, 2.05) is 6.07 Å². The molecule has 1 aromatic carbocycles. The van der Waals surface area contributed by atoms with E-state index in [-0.39, 0.29) is 0 Å². The minimum atomic E-state index is 0.306. The molecule has 0 aromatic heterocycles. The molecular formula is C15H22BrNO3. The van der Waals surface area contributed by atoms with Gasteiger partial charge in [0, 0.05) is 13.2 Å². The summed E-state index contributed by atoms with van der Waals surface area (Å²) >= 11 is 3.51. The van der Waals surface area contributed by atoms with Gasteiger partial charge in [0.2, 0.25) is 6.79 Å². The molecule has 4 nitrogen and oxygen atoms in total. The van der Waals surface area contributed by atoms with Crippen LogP contribution in [-0.2, 0) is 11.3 Å². The summed E-state index contributed by atoms with van der Waals surface area (Å²) in [5.74, 6) is 1.63. The van der Waals surface area contributed by atoms with Gasteiger partial charge < -0.3 is 19.5 Å². The first-order chi connectivity index (χ1) is 9.66. The average molecular weight is 344 g/mol. The third-order valence-electron chi connectivity index (χ3n) is 3.02. The standard InChI is InChI=1S/C15H22BrNO3/c1-11(2)18-6-4-3-5-17-9-12-7-13(16)15-14(8-12)19-10-20-15/h7-8,11,17H,3-6,9-10H2,1-2H3. The molecule has 2 rings (SSSR count). The number of rotatable bonds is 8. The molecule has 5 heteroatoms. The number of ether oxygens (including phenoxy) is 3. The van der Waals surface area contributed by atoms with Crippen LogP contribution >= 0.6 is 15.9 Å². The van der Waals surface area contributed by atoms with Crippen LogP contribution in [0.4, 0.5) is 0 Å². The zero-order valence-electron chi connectivity index (χ0n) is 12.1. The topological polar surface area (TPSA) is 39.7 Å². The van der Waals surface area contributed by atoms with Crippen LogP contribution < -0.4 is 14.8 Å². The minimum Gasteiger partial charge on any atom is -0.454 e. The molecule has 1 aliphatic heterocycles. The first kappa shape index (κ1) is 15.6. The number of hydrogen-bond acceptors (Lipinski definition) is 4. The number of unbranched alkanes of at least 4 members (excludes halogenated alkanes) is 1. The van der Waals surface area contributed by atoms with Crippen molar-refractivity contribution < 1.29 is 14.2 Å². The van der Waals surface area contributed by atoms with Crippen molar-refractivity contribution in [1.29, 1.82) is 0 Å². The Balaban J connectivity index is 1.66. The van der Waals surface area contributed by atoms with Gasteiger partial charge >= 0.3 is 0 Å². The molecule has 1 N–H and O–H groups in total. The lowest BCUT2D eigenvalue weighted by Gasteiger charge is -2.09. The Morgan fingerprint density at radius 1 is 1.30 bits per heavy atom. The van der Waals surface area contributed by atoms with Crippen LogP contribution in [0.2, 0.25) is 0 Å². The molecule has 0 atom stereocenters. The van der Waals surface area contributed by atoms with E-state index in [0.29, 0.717) is 12.9 Å². The van der Waals surface area contributed by atoms with Crippen molar-refractivity contribution in [2.45, 2.75) is 39.3 Å². The van der Waals surface area contributed by atoms with Gasteiger partial charge in [-0.05, 0) is 66.9 Å². The highest BCUT2D eigenvalue weighted by molar-refractivity contribution is 9.10. The zero-order chi connectivity index (χ0) is 14.4. The fourth-order valence-electron chi connectivity index (χ4n) is 2.03. The maximum absolute atomic E-state index is 5.51. The minimum absolute atomic E-state index is 0.306. The van der Waals surface area contributed by atoms with Gasteiger partial charge in [-0.25, -0.2) is 0 Å². The first-order valence-corrected chi connectivity index (χ1v) is 7.86. The third-order valence-corrected chi connectivity index (χ3v) is 3.60. The van der Waals surface area contributed by atoms with Crippen LogP contribution in [0.25, 0.3) is 0 Å². The van der Waals surface area contributed by atoms with Gasteiger partial charge in [-0.2, -0.15) is 0 Å². The average Bonchev–Trinajstić information content (AvgIpc) is 2.86. The Hall–Kier alpha value is -0.780. The van der Waals surface area contributed by atoms with Crippen molar-refractivity contribution in [3.63, 3.8) is 0 Å². The smallest absolute Gasteiger partial charge is 0.231 e. The third kappa shape index (κ3) is 4.65. The highest BCUT2D eigenvalue weighted by Crippen LogP contribution is 2.39. The summed E-state index contributed by atoms with van der Waals surface area (Å²) in [7, 11) is 0. The molecule has 20 heavy (non-hydrogen) atoms. The maximum Gasteiger partial charge on any atom is 0.231 e. The summed E-state index contributed by atoms with van der Waals surface area (Å²) in [5.41, 5.74) is 1.19. The summed E-state index contributed by atoms with van der Waals surface area (Å²) in [5, 5.41) is 3.44. The highest BCUT2D eigenvalue weighted by atomic mass is 79.9. The molecule has 112 valence electrons. The van der Waals surface area contributed by atoms with E-state index >= 15 is 0 Å². The summed E-state index contributed by atoms with van der Waals surface area (Å²) in [4.78, 5) is 0. The maximum atomic E-state index is 5.51. The second kappa shape index (κ2) is 7.86. The van der Waals surface area contributed by atoms with E-state index in [9.17, 15) is 0 Å². The molecule has 0 bridgehead atoms. The SMILES string of the molecule is CC(C)OCCCCNCc1cc(Br)c2c(c1)OCO2. The molecule has 0 fully saturated rings. The van der Waals surface area contributed by atoms with Crippen LogP contribution in [-0.4, -0.2) is 26.0 Å². The lowest BCUT2D eigenvalue weighted by molar-refractivity contribution is 0.0760. The molecule has 0 aliphatic carbocycles. The summed E-state index contributed by atoms with van der Waals surface area (Å²) in [6.45, 7) is 7.11. The van der Waals surface area contributed by atoms with Crippen molar-refractivity contribution >= 4 is 15.9 Å². The van der Waals surface area contributed by atoms with Crippen molar-refractivity contribution in [3.8, 4) is 11.5 Å². The molecule has 1 heterocycles. The Labute approximate surface area is 128 Å². The van der Waals surface area contributed by atoms with E-state index in [2.05, 4.69) is 41.2 Å². The quantitative estimate of drug-likeness (QED) is 0.733. The van der Waals surface area contributed by atoms with Crippen molar-refractivity contribution in [3.05, 3.63) is 22.2 Å². The van der Waals surface area contributed by atoms with Gasteiger partial charge in [0.25, 0.3) is 0 Å². The highest BCUT2D eigenvalue weighted by Gasteiger charge is 2.17. The summed E-state index contributed by atoms with van der Waals surface area (Å²) in [6.07, 6.45) is 2.54. The Morgan fingerprint density at radius 3 is 2.95 bits per heavy atom. The number of nitrogens with one attached hydrogen (secondary N) is 1. The van der Waals surface area contributed by atoms with Gasteiger partial charge in [0.15, 0.2) is 11.5 Å². The van der Waals surface area contributed by atoms with Crippen LogP contribution in [0.5, 0.6) is 11.5 Å². The van der Waals surface area contributed by atoms with Crippen molar-refractivity contribution in [2.24, 2.45) is 0 Å². The molecule has 0 saturated carbocycles. The van der Waals surface area contributed by atoms with E-state index in [0.717, 1.165) is 48.5 Å². The molecule has 0 amide bonds. The van der Waals surface area contributed by atoms with Crippen molar-refractivity contribution in [1.82, 2.24) is 5.32 Å². The molecule has 0 radical (unpaired) electrons. The molecular weight excluding hydrogens is 322 g/mol. The Bertz CT molecular complexity index is 437. The number of benzene rings is 1. The van der Waals surface area contributed by atoms with Gasteiger partial charge in [0.05, 0.1) is 10.6 Å². The fraction of sp³-hybridized carbons (Fsp3) is 0.600. The molecule has 0 saturated heterocycles.